The van der Waals surface area contributed by atoms with E-state index in [0.29, 0.717) is 16.5 Å². The minimum absolute atomic E-state index is 0.255. The van der Waals surface area contributed by atoms with Crippen molar-refractivity contribution in [2.45, 2.75) is 12.5 Å². The molecule has 7 heteroatoms. The number of nitrogens with zero attached hydrogens (tertiary/aromatic N) is 1. The van der Waals surface area contributed by atoms with Crippen molar-refractivity contribution >= 4 is 18.3 Å². The highest BCUT2D eigenvalue weighted by molar-refractivity contribution is 7.93. The molecule has 0 saturated carbocycles. The average molecular weight is 185 g/mol. The van der Waals surface area contributed by atoms with Crippen molar-refractivity contribution in [2.24, 2.45) is 0 Å². The van der Waals surface area contributed by atoms with Crippen molar-refractivity contribution in [3.05, 3.63) is 0 Å². The second-order valence-corrected chi connectivity index (χ2v) is 2.65. The highest BCUT2D eigenvalue weighted by Crippen LogP contribution is 2.28. The van der Waals surface area contributed by atoms with Crippen molar-refractivity contribution < 1.29 is 22.9 Å². The number of halogens is 2. The first kappa shape index (κ1) is 8.54. The van der Waals surface area contributed by atoms with Gasteiger partial charge in [0.05, 0.1) is 6.61 Å². The third-order valence-electron chi connectivity index (χ3n) is 1.15. The molecule has 0 aromatic carbocycles. The molecule has 0 aliphatic carbocycles. The maximum Gasteiger partial charge on any atom is 0.419 e. The lowest BCUT2D eigenvalue weighted by molar-refractivity contribution is 0.0614. The number of hydrogen-bond acceptors (Lipinski definition) is 3. The van der Waals surface area contributed by atoms with Crippen LogP contribution in [-0.4, -0.2) is 34.6 Å². The predicted octanol–water partition coefficient (Wildman–Crippen LogP) is 1.19. The summed E-state index contributed by atoms with van der Waals surface area (Å²) < 4.78 is 28.9. The number of amides is 1. The molecule has 64 valence electrons. The molecule has 1 heterocycles. The van der Waals surface area contributed by atoms with Crippen LogP contribution in [0.25, 0.3) is 0 Å². The Balaban J connectivity index is 2.58. The highest BCUT2D eigenvalue weighted by Gasteiger charge is 2.37. The summed E-state index contributed by atoms with van der Waals surface area (Å²) in [7, 11) is 0. The zero-order valence-electron chi connectivity index (χ0n) is 5.24. The molecule has 1 saturated heterocycles. The minimum atomic E-state index is -2.69. The Hall–Kier alpha value is -0.560. The smallest absolute Gasteiger partial charge is 0.419 e. The molecule has 1 N–H and O–H groups in total. The second-order valence-electron chi connectivity index (χ2n) is 1.87. The van der Waals surface area contributed by atoms with Crippen LogP contribution in [0.2, 0.25) is 0 Å². The molecule has 0 spiro atoms. The molecule has 0 bridgehead atoms. The second kappa shape index (κ2) is 3.22. The number of rotatable bonds is 1. The molecular formula is C4H5F2NO3S. The summed E-state index contributed by atoms with van der Waals surface area (Å²) in [5.41, 5.74) is 0. The van der Waals surface area contributed by atoms with E-state index in [1.54, 1.807) is 0 Å². The molecule has 1 aliphatic heterocycles. The standard InChI is InChI=1S/C4H5F2NO3S/c5-3(6)2-1-10-11-7(2)4(8)9/h2-3H,1H2,(H,8,9)/t2-/m0/s1. The van der Waals surface area contributed by atoms with Crippen LogP contribution in [0.5, 0.6) is 0 Å². The Kier molecular flexibility index (Phi) is 2.50. The maximum absolute atomic E-state index is 12.0. The zero-order valence-corrected chi connectivity index (χ0v) is 6.05. The van der Waals surface area contributed by atoms with Gasteiger partial charge >= 0.3 is 6.09 Å². The highest BCUT2D eigenvalue weighted by atomic mass is 32.2. The van der Waals surface area contributed by atoms with E-state index in [1.165, 1.54) is 0 Å². The van der Waals surface area contributed by atoms with Gasteiger partial charge in [-0.05, 0) is 0 Å². The summed E-state index contributed by atoms with van der Waals surface area (Å²) in [5, 5.41) is 8.32. The Bertz CT molecular complexity index is 167. The van der Waals surface area contributed by atoms with Gasteiger partial charge in [0.25, 0.3) is 6.43 Å². The maximum atomic E-state index is 12.0. The number of carbonyl (C=O) groups is 1. The Morgan fingerprint density at radius 3 is 2.82 bits per heavy atom. The van der Waals surface area contributed by atoms with Crippen molar-refractivity contribution in [3.63, 3.8) is 0 Å². The average Bonchev–Trinajstić information content (AvgIpc) is 2.32. The largest absolute Gasteiger partial charge is 0.464 e. The summed E-state index contributed by atoms with van der Waals surface area (Å²) in [6.07, 6.45) is -4.10. The molecule has 1 aliphatic rings. The van der Waals surface area contributed by atoms with Crippen LogP contribution >= 0.6 is 12.2 Å². The first-order valence-corrected chi connectivity index (χ1v) is 3.42. The fraction of sp³-hybridized carbons (Fsp3) is 0.750. The van der Waals surface area contributed by atoms with Gasteiger partial charge in [-0.25, -0.2) is 17.9 Å². The van der Waals surface area contributed by atoms with Gasteiger partial charge in [0, 0.05) is 0 Å². The zero-order chi connectivity index (χ0) is 8.43. The normalized spacial score (nSPS) is 24.6. The van der Waals surface area contributed by atoms with Crippen molar-refractivity contribution in [2.75, 3.05) is 6.61 Å². The number of alkyl halides is 2. The van der Waals surface area contributed by atoms with Crippen LogP contribution < -0.4 is 0 Å². The van der Waals surface area contributed by atoms with Gasteiger partial charge in [-0.2, -0.15) is 0 Å². The predicted molar refractivity (Wildman–Crippen MR) is 33.2 cm³/mol. The van der Waals surface area contributed by atoms with Crippen molar-refractivity contribution in [1.82, 2.24) is 4.31 Å². The Labute approximate surface area is 65.5 Å². The Morgan fingerprint density at radius 2 is 2.45 bits per heavy atom. The van der Waals surface area contributed by atoms with E-state index in [1.807, 2.05) is 0 Å². The number of hydrogen-bond donors (Lipinski definition) is 1. The van der Waals surface area contributed by atoms with Crippen LogP contribution in [0.3, 0.4) is 0 Å². The van der Waals surface area contributed by atoms with E-state index in [4.69, 9.17) is 5.11 Å². The van der Waals surface area contributed by atoms with Crippen LogP contribution in [0.1, 0.15) is 0 Å². The third-order valence-corrected chi connectivity index (χ3v) is 1.98. The summed E-state index contributed by atoms with van der Waals surface area (Å²) in [6.45, 7) is -0.255. The SMILES string of the molecule is O=C(O)N1SOC[C@H]1C(F)F. The summed E-state index contributed by atoms with van der Waals surface area (Å²) in [6, 6.07) is -1.34. The molecule has 1 atom stereocenters. The first-order valence-electron chi connectivity index (χ1n) is 2.73. The van der Waals surface area contributed by atoms with Gasteiger partial charge in [0.15, 0.2) is 0 Å². The van der Waals surface area contributed by atoms with Gasteiger partial charge in [-0.1, -0.05) is 0 Å². The van der Waals surface area contributed by atoms with E-state index < -0.39 is 18.6 Å². The molecule has 0 aromatic rings. The van der Waals surface area contributed by atoms with Gasteiger partial charge in [-0.15, -0.1) is 0 Å². The van der Waals surface area contributed by atoms with E-state index in [0.717, 1.165) is 0 Å². The molecule has 0 radical (unpaired) electrons. The summed E-state index contributed by atoms with van der Waals surface area (Å²) in [5.74, 6) is 0. The number of carboxylic acid groups (broad SMARTS) is 1. The van der Waals surface area contributed by atoms with Crippen LogP contribution in [0.15, 0.2) is 0 Å². The van der Waals surface area contributed by atoms with Crippen LogP contribution in [0.4, 0.5) is 13.6 Å². The monoisotopic (exact) mass is 185 g/mol. The Morgan fingerprint density at radius 1 is 1.82 bits per heavy atom. The first-order chi connectivity index (χ1) is 5.13. The van der Waals surface area contributed by atoms with E-state index in [-0.39, 0.29) is 6.61 Å². The van der Waals surface area contributed by atoms with Gasteiger partial charge in [0.1, 0.15) is 18.3 Å². The fourth-order valence-corrected chi connectivity index (χ4v) is 1.27. The third kappa shape index (κ3) is 1.72. The molecule has 1 amide bonds. The molecule has 11 heavy (non-hydrogen) atoms. The molecule has 0 unspecified atom stereocenters. The molecule has 1 rings (SSSR count). The summed E-state index contributed by atoms with van der Waals surface area (Å²) >= 11 is 0.441. The molecule has 0 aromatic heterocycles. The topological polar surface area (TPSA) is 49.8 Å². The van der Waals surface area contributed by atoms with Gasteiger partial charge in [0.2, 0.25) is 0 Å². The van der Waals surface area contributed by atoms with Crippen LogP contribution in [-0.2, 0) is 4.18 Å². The van der Waals surface area contributed by atoms with Crippen molar-refractivity contribution in [1.29, 1.82) is 0 Å². The fourth-order valence-electron chi connectivity index (χ4n) is 0.629. The summed E-state index contributed by atoms with van der Waals surface area (Å²) in [4.78, 5) is 10.2. The van der Waals surface area contributed by atoms with Crippen LogP contribution in [0, 0.1) is 0 Å². The molecule has 1 fully saturated rings. The quantitative estimate of drug-likeness (QED) is 0.492. The lowest BCUT2D eigenvalue weighted by atomic mass is 10.3. The van der Waals surface area contributed by atoms with Gasteiger partial charge in [-0.3, -0.25) is 4.18 Å². The van der Waals surface area contributed by atoms with E-state index in [9.17, 15) is 13.6 Å². The minimum Gasteiger partial charge on any atom is -0.464 e. The lowest BCUT2D eigenvalue weighted by Gasteiger charge is -2.15. The molecule has 4 nitrogen and oxygen atoms in total. The van der Waals surface area contributed by atoms with Crippen molar-refractivity contribution in [3.8, 4) is 0 Å². The lowest BCUT2D eigenvalue weighted by Crippen LogP contribution is -2.36. The molecular weight excluding hydrogens is 180 g/mol. The van der Waals surface area contributed by atoms with E-state index >= 15 is 0 Å². The van der Waals surface area contributed by atoms with Gasteiger partial charge < -0.3 is 5.11 Å². The van der Waals surface area contributed by atoms with E-state index in [2.05, 4.69) is 4.18 Å².